The van der Waals surface area contributed by atoms with Gasteiger partial charge in [-0.3, -0.25) is 19.1 Å². The molecule has 7 rings (SSSR count). The van der Waals surface area contributed by atoms with E-state index in [0.29, 0.717) is 22.2 Å². The maximum atomic E-state index is 12.3. The van der Waals surface area contributed by atoms with Crippen LogP contribution < -0.4 is 21.5 Å². The zero-order valence-electron chi connectivity index (χ0n) is 25.9. The Morgan fingerprint density at radius 3 is 2.39 bits per heavy atom. The zero-order valence-corrected chi connectivity index (χ0v) is 26.7. The summed E-state index contributed by atoms with van der Waals surface area (Å²) >= 11 is 1.47. The van der Waals surface area contributed by atoms with E-state index < -0.39 is 0 Å². The number of fused-ring (bicyclic) bond motifs is 1. The molecule has 0 spiro atoms. The maximum Gasteiger partial charge on any atom is 0.251 e. The Labute approximate surface area is 271 Å². The average Bonchev–Trinajstić information content (AvgIpc) is 3.47. The lowest BCUT2D eigenvalue weighted by Crippen LogP contribution is -2.48. The molecule has 10 heteroatoms. The van der Waals surface area contributed by atoms with Crippen molar-refractivity contribution in [3.63, 3.8) is 0 Å². The summed E-state index contributed by atoms with van der Waals surface area (Å²) in [4.78, 5) is 43.9. The molecular weight excluding hydrogens is 595 g/mol. The normalized spacial score (nSPS) is 14.3. The number of anilines is 2. The number of rotatable bonds is 9. The number of hydrogen-bond acceptors (Lipinski definition) is 9. The van der Waals surface area contributed by atoms with E-state index in [9.17, 15) is 9.59 Å². The standard InChI is InChI=1S/C36H35N7O2S/c1-3-46-33-30(31(44)32(33)45)41(2)25-17-20-42(21-18-25)22-23-11-13-26(14-12-23)43-35(27-10-7-19-38-34(27)37)40-29-16-15-28(39-36(29)43)24-8-5-4-6-9-24/h4-16,19,25H,3,17-18,20-22H2,1-2H3,(H2,37,38). The summed E-state index contributed by atoms with van der Waals surface area (Å²) in [7, 11) is 1.96. The highest BCUT2D eigenvalue weighted by Crippen LogP contribution is 2.32. The number of likely N-dealkylation sites (tertiary alicyclic amines) is 1. The fourth-order valence-corrected chi connectivity index (χ4v) is 7.26. The molecule has 6 aromatic rings. The molecule has 0 aliphatic carbocycles. The molecule has 1 aliphatic rings. The minimum atomic E-state index is -0.340. The summed E-state index contributed by atoms with van der Waals surface area (Å²) in [6.45, 7) is 4.68. The van der Waals surface area contributed by atoms with Gasteiger partial charge in [-0.15, -0.1) is 11.8 Å². The molecule has 4 heterocycles. The first-order valence-electron chi connectivity index (χ1n) is 15.6. The maximum absolute atomic E-state index is 12.3. The van der Waals surface area contributed by atoms with Gasteiger partial charge < -0.3 is 10.6 Å². The molecule has 0 bridgehead atoms. The van der Waals surface area contributed by atoms with Crippen LogP contribution in [0.5, 0.6) is 0 Å². The van der Waals surface area contributed by atoms with Crippen LogP contribution in [0.25, 0.3) is 39.5 Å². The largest absolute Gasteiger partial charge is 0.383 e. The van der Waals surface area contributed by atoms with Crippen LogP contribution in [-0.4, -0.2) is 56.4 Å². The minimum absolute atomic E-state index is 0.249. The SMILES string of the molecule is CCSc1c(N(C)C2CCN(Cc3ccc(-n4c(-c5cccnc5N)nc5ccc(-c6ccccc6)nc54)cc3)CC2)c(=O)c1=O. The van der Waals surface area contributed by atoms with Crippen LogP contribution in [0, 0.1) is 0 Å². The number of imidazole rings is 1. The highest BCUT2D eigenvalue weighted by atomic mass is 32.2. The molecule has 1 fully saturated rings. The van der Waals surface area contributed by atoms with Crippen molar-refractivity contribution in [1.82, 2.24) is 24.4 Å². The highest BCUT2D eigenvalue weighted by Gasteiger charge is 2.30. The van der Waals surface area contributed by atoms with Gasteiger partial charge in [0.1, 0.15) is 17.0 Å². The number of nitrogens with two attached hydrogens (primary N) is 1. The number of hydrogen-bond donors (Lipinski definition) is 1. The van der Waals surface area contributed by atoms with E-state index in [4.69, 9.17) is 15.7 Å². The van der Waals surface area contributed by atoms with Gasteiger partial charge in [0.05, 0.1) is 16.2 Å². The summed E-state index contributed by atoms with van der Waals surface area (Å²) in [5.74, 6) is 1.89. The van der Waals surface area contributed by atoms with Crippen molar-refractivity contribution in [2.75, 3.05) is 36.5 Å². The Bertz CT molecular complexity index is 2080. The Morgan fingerprint density at radius 2 is 1.67 bits per heavy atom. The lowest BCUT2D eigenvalue weighted by molar-refractivity contribution is 0.203. The first-order chi connectivity index (χ1) is 22.4. The van der Waals surface area contributed by atoms with Gasteiger partial charge in [0.2, 0.25) is 5.43 Å². The van der Waals surface area contributed by atoms with Crippen molar-refractivity contribution in [1.29, 1.82) is 0 Å². The van der Waals surface area contributed by atoms with E-state index in [2.05, 4.69) is 50.8 Å². The number of piperidine rings is 1. The quantitative estimate of drug-likeness (QED) is 0.163. The second-order valence-electron chi connectivity index (χ2n) is 11.7. The van der Waals surface area contributed by atoms with E-state index >= 15 is 0 Å². The Morgan fingerprint density at radius 1 is 0.913 bits per heavy atom. The van der Waals surface area contributed by atoms with Crippen molar-refractivity contribution in [3.8, 4) is 28.3 Å². The molecule has 0 unspecified atom stereocenters. The van der Waals surface area contributed by atoms with Gasteiger partial charge in [0.25, 0.3) is 5.43 Å². The number of pyridine rings is 2. The third-order valence-electron chi connectivity index (χ3n) is 8.84. The average molecular weight is 630 g/mol. The van der Waals surface area contributed by atoms with Crippen molar-refractivity contribution >= 4 is 34.4 Å². The van der Waals surface area contributed by atoms with Crippen molar-refractivity contribution in [3.05, 3.63) is 111 Å². The zero-order chi connectivity index (χ0) is 31.8. The summed E-state index contributed by atoms with van der Waals surface area (Å²) in [5.41, 5.74) is 12.6. The molecule has 1 saturated heterocycles. The molecule has 46 heavy (non-hydrogen) atoms. The predicted molar refractivity (Wildman–Crippen MR) is 186 cm³/mol. The molecule has 0 amide bonds. The third-order valence-corrected chi connectivity index (χ3v) is 9.80. The van der Waals surface area contributed by atoms with Gasteiger partial charge >= 0.3 is 0 Å². The van der Waals surface area contributed by atoms with Gasteiger partial charge in [-0.2, -0.15) is 0 Å². The van der Waals surface area contributed by atoms with Crippen LogP contribution in [-0.2, 0) is 6.54 Å². The first kappa shape index (κ1) is 29.9. The molecular formula is C36H35N7O2S. The van der Waals surface area contributed by atoms with Crippen LogP contribution in [0.4, 0.5) is 11.5 Å². The van der Waals surface area contributed by atoms with Crippen molar-refractivity contribution in [2.45, 2.75) is 37.2 Å². The topological polar surface area (TPSA) is 110 Å². The molecule has 1 aliphatic heterocycles. The van der Waals surface area contributed by atoms with Gasteiger partial charge in [-0.1, -0.05) is 49.4 Å². The van der Waals surface area contributed by atoms with Gasteiger partial charge in [-0.25, -0.2) is 15.0 Å². The Balaban J connectivity index is 1.12. The van der Waals surface area contributed by atoms with Gasteiger partial charge in [0.15, 0.2) is 11.5 Å². The number of nitrogen functional groups attached to an aromatic ring is 1. The van der Waals surface area contributed by atoms with Crippen LogP contribution in [0.3, 0.4) is 0 Å². The number of benzene rings is 2. The molecule has 3 aromatic heterocycles. The van der Waals surface area contributed by atoms with Gasteiger partial charge in [0, 0.05) is 50.2 Å². The summed E-state index contributed by atoms with van der Waals surface area (Å²) in [6, 6.07) is 26.7. The lowest BCUT2D eigenvalue weighted by Gasteiger charge is -2.38. The monoisotopic (exact) mass is 629 g/mol. The smallest absolute Gasteiger partial charge is 0.251 e. The second kappa shape index (κ2) is 12.5. The van der Waals surface area contributed by atoms with Gasteiger partial charge in [-0.05, 0) is 60.6 Å². The fourth-order valence-electron chi connectivity index (χ4n) is 6.37. The molecule has 9 nitrogen and oxygen atoms in total. The molecule has 232 valence electrons. The van der Waals surface area contributed by atoms with Crippen LogP contribution in [0.15, 0.2) is 99.5 Å². The number of nitrogens with zero attached hydrogens (tertiary/aromatic N) is 6. The van der Waals surface area contributed by atoms with E-state index in [-0.39, 0.29) is 16.9 Å². The predicted octanol–water partition coefficient (Wildman–Crippen LogP) is 5.54. The lowest BCUT2D eigenvalue weighted by atomic mass is 10.0. The minimum Gasteiger partial charge on any atom is -0.383 e. The third kappa shape index (κ3) is 5.48. The molecule has 0 atom stereocenters. The van der Waals surface area contributed by atoms with E-state index in [0.717, 1.165) is 71.9 Å². The van der Waals surface area contributed by atoms with E-state index in [1.165, 1.54) is 17.3 Å². The summed E-state index contributed by atoms with van der Waals surface area (Å²) in [6.07, 6.45) is 3.56. The van der Waals surface area contributed by atoms with E-state index in [1.807, 2.05) is 61.3 Å². The highest BCUT2D eigenvalue weighted by molar-refractivity contribution is 7.99. The summed E-state index contributed by atoms with van der Waals surface area (Å²) in [5, 5.41) is 0. The Kier molecular flexibility index (Phi) is 8.14. The fraction of sp³-hybridized carbons (Fsp3) is 0.250. The van der Waals surface area contributed by atoms with Crippen molar-refractivity contribution in [2.24, 2.45) is 0 Å². The van der Waals surface area contributed by atoms with Crippen LogP contribution >= 0.6 is 11.8 Å². The Hall–Kier alpha value is -4.80. The number of thioether (sulfide) groups is 1. The van der Waals surface area contributed by atoms with Crippen molar-refractivity contribution < 1.29 is 0 Å². The molecule has 0 saturated carbocycles. The second-order valence-corrected chi connectivity index (χ2v) is 12.9. The first-order valence-corrected chi connectivity index (χ1v) is 16.6. The molecule has 3 aromatic carbocycles. The van der Waals surface area contributed by atoms with Crippen LogP contribution in [0.2, 0.25) is 0 Å². The molecule has 2 N–H and O–H groups in total. The summed E-state index contributed by atoms with van der Waals surface area (Å²) < 4.78 is 2.06. The van der Waals surface area contributed by atoms with E-state index in [1.54, 1.807) is 6.20 Å². The van der Waals surface area contributed by atoms with Crippen LogP contribution in [0.1, 0.15) is 25.3 Å². The molecule has 0 radical (unpaired) electrons. The number of aromatic nitrogens is 4.